The van der Waals surface area contributed by atoms with Crippen molar-refractivity contribution >= 4 is 55.9 Å². The number of para-hydroxylation sites is 1. The Hall–Kier alpha value is -4.11. The van der Waals surface area contributed by atoms with Crippen molar-refractivity contribution < 1.29 is 19.1 Å². The van der Waals surface area contributed by atoms with E-state index in [0.717, 1.165) is 17.3 Å². The zero-order chi connectivity index (χ0) is 25.5. The molecule has 0 atom stereocenters. The number of aromatic nitrogens is 1. The highest BCUT2D eigenvalue weighted by atomic mass is 79.9. The minimum Gasteiger partial charge on any atom is -0.494 e. The topological polar surface area (TPSA) is 101 Å². The number of unbranched alkanes of at least 4 members (excludes halogenated alkanes) is 1. The van der Waals surface area contributed by atoms with Gasteiger partial charge in [0.1, 0.15) is 11.4 Å². The van der Waals surface area contributed by atoms with Gasteiger partial charge in [-0.1, -0.05) is 47.5 Å². The van der Waals surface area contributed by atoms with E-state index in [1.807, 2.05) is 12.1 Å². The fourth-order valence-electron chi connectivity index (χ4n) is 3.50. The van der Waals surface area contributed by atoms with Gasteiger partial charge in [0.15, 0.2) is 0 Å². The third-order valence-corrected chi connectivity index (χ3v) is 5.82. The molecule has 4 rings (SSSR count). The van der Waals surface area contributed by atoms with E-state index >= 15 is 0 Å². The molecule has 0 fully saturated rings. The summed E-state index contributed by atoms with van der Waals surface area (Å²) in [6.07, 6.45) is 1.99. The van der Waals surface area contributed by atoms with E-state index in [9.17, 15) is 14.4 Å². The molecule has 0 saturated heterocycles. The second-order valence-electron chi connectivity index (χ2n) is 8.01. The summed E-state index contributed by atoms with van der Waals surface area (Å²) in [7, 11) is 0. The lowest BCUT2D eigenvalue weighted by Gasteiger charge is -2.13. The smallest absolute Gasteiger partial charge is 0.328 e. The Morgan fingerprint density at radius 1 is 0.861 bits per heavy atom. The lowest BCUT2D eigenvalue weighted by Crippen LogP contribution is -2.36. The number of benzene rings is 3. The van der Waals surface area contributed by atoms with E-state index in [-0.39, 0.29) is 5.69 Å². The number of halogens is 1. The van der Waals surface area contributed by atoms with Crippen LogP contribution in [0.4, 0.5) is 11.4 Å². The first-order valence-corrected chi connectivity index (χ1v) is 12.3. The van der Waals surface area contributed by atoms with Crippen LogP contribution in [0.5, 0.6) is 5.75 Å². The van der Waals surface area contributed by atoms with Crippen LogP contribution in [0.2, 0.25) is 0 Å². The molecular weight excluding hydrogens is 524 g/mol. The van der Waals surface area contributed by atoms with Crippen molar-refractivity contribution in [3.8, 4) is 5.75 Å². The van der Waals surface area contributed by atoms with Gasteiger partial charge in [0.25, 0.3) is 5.91 Å². The van der Waals surface area contributed by atoms with Gasteiger partial charge in [-0.25, -0.2) is 4.68 Å². The molecule has 3 aromatic carbocycles. The van der Waals surface area contributed by atoms with Crippen molar-refractivity contribution in [2.75, 3.05) is 22.7 Å². The number of anilines is 2. The first-order chi connectivity index (χ1) is 17.4. The number of fused-ring (bicyclic) bond motifs is 1. The average Bonchev–Trinajstić information content (AvgIpc) is 3.23. The highest BCUT2D eigenvalue weighted by Gasteiger charge is 2.21. The lowest BCUT2D eigenvalue weighted by atomic mass is 10.2. The molecule has 1 aromatic heterocycles. The van der Waals surface area contributed by atoms with Crippen molar-refractivity contribution in [3.05, 3.63) is 89.0 Å². The average molecular weight is 549 g/mol. The van der Waals surface area contributed by atoms with E-state index in [4.69, 9.17) is 4.74 Å². The maximum atomic E-state index is 13.1. The van der Waals surface area contributed by atoms with Crippen LogP contribution in [0.1, 0.15) is 30.3 Å². The largest absolute Gasteiger partial charge is 0.494 e. The minimum absolute atomic E-state index is 0.168. The second kappa shape index (κ2) is 11.5. The molecule has 0 aliphatic carbocycles. The van der Waals surface area contributed by atoms with E-state index in [0.29, 0.717) is 34.6 Å². The Kier molecular flexibility index (Phi) is 8.02. The van der Waals surface area contributed by atoms with Gasteiger partial charge >= 0.3 is 11.8 Å². The number of nitrogens with zero attached hydrogens (tertiary/aromatic N) is 1. The van der Waals surface area contributed by atoms with E-state index < -0.39 is 17.7 Å². The second-order valence-corrected chi connectivity index (χ2v) is 8.93. The summed E-state index contributed by atoms with van der Waals surface area (Å²) in [6.45, 7) is 2.70. The van der Waals surface area contributed by atoms with E-state index in [2.05, 4.69) is 38.9 Å². The summed E-state index contributed by atoms with van der Waals surface area (Å²) >= 11 is 3.42. The number of rotatable bonds is 8. The third kappa shape index (κ3) is 6.11. The number of hydrogen-bond acceptors (Lipinski definition) is 4. The molecule has 184 valence electrons. The molecule has 8 nitrogen and oxygen atoms in total. The zero-order valence-corrected chi connectivity index (χ0v) is 21.2. The van der Waals surface area contributed by atoms with Crippen molar-refractivity contribution in [1.82, 2.24) is 4.68 Å². The Labute approximate surface area is 216 Å². The molecule has 0 spiro atoms. The number of carbonyl (C=O) groups excluding carboxylic acids is 3. The van der Waals surface area contributed by atoms with Crippen LogP contribution in [0.15, 0.2) is 83.3 Å². The first-order valence-electron chi connectivity index (χ1n) is 11.5. The SMILES string of the molecule is CCCCOc1ccc(NC(=O)C(=O)Nn2c(C(=O)Nc3ccccc3)cc3cc(Br)ccc32)cc1. The number of amides is 3. The van der Waals surface area contributed by atoms with Crippen LogP contribution in [0, 0.1) is 0 Å². The number of hydrogen-bond donors (Lipinski definition) is 3. The van der Waals surface area contributed by atoms with Crippen LogP contribution in [-0.2, 0) is 9.59 Å². The molecule has 1 heterocycles. The Bertz CT molecular complexity index is 1380. The van der Waals surface area contributed by atoms with Crippen molar-refractivity contribution in [1.29, 1.82) is 0 Å². The van der Waals surface area contributed by atoms with Crippen molar-refractivity contribution in [3.63, 3.8) is 0 Å². The predicted molar refractivity (Wildman–Crippen MR) is 144 cm³/mol. The van der Waals surface area contributed by atoms with E-state index in [1.165, 1.54) is 4.68 Å². The van der Waals surface area contributed by atoms with Crippen molar-refractivity contribution in [2.45, 2.75) is 19.8 Å². The molecule has 4 aromatic rings. The van der Waals surface area contributed by atoms with Gasteiger partial charge in [-0.2, -0.15) is 0 Å². The van der Waals surface area contributed by atoms with Gasteiger partial charge in [0, 0.05) is 21.2 Å². The predicted octanol–water partition coefficient (Wildman–Crippen LogP) is 5.54. The van der Waals surface area contributed by atoms with Gasteiger partial charge in [-0.05, 0) is 67.1 Å². The number of ether oxygens (including phenoxy) is 1. The highest BCUT2D eigenvalue weighted by Crippen LogP contribution is 2.24. The Balaban J connectivity index is 1.51. The summed E-state index contributed by atoms with van der Waals surface area (Å²) in [5.74, 6) is -1.55. The lowest BCUT2D eigenvalue weighted by molar-refractivity contribution is -0.133. The highest BCUT2D eigenvalue weighted by molar-refractivity contribution is 9.10. The molecule has 0 aliphatic heterocycles. The molecule has 0 saturated carbocycles. The fourth-order valence-corrected chi connectivity index (χ4v) is 3.88. The first kappa shape index (κ1) is 25.0. The van der Waals surface area contributed by atoms with Crippen LogP contribution < -0.4 is 20.8 Å². The quantitative estimate of drug-likeness (QED) is 0.198. The van der Waals surface area contributed by atoms with Crippen LogP contribution in [-0.4, -0.2) is 29.0 Å². The molecule has 0 radical (unpaired) electrons. The molecule has 36 heavy (non-hydrogen) atoms. The molecule has 0 aliphatic rings. The summed E-state index contributed by atoms with van der Waals surface area (Å²) in [4.78, 5) is 38.5. The standard InChI is InChI=1S/C27H25BrN4O4/c1-2-3-15-36-22-12-10-21(11-13-22)30-26(34)27(35)31-32-23-14-9-19(28)16-18(23)17-24(32)25(33)29-20-7-5-4-6-8-20/h4-14,16-17H,2-3,15H2,1H3,(H,29,33)(H,30,34)(H,31,35). The Morgan fingerprint density at radius 3 is 2.31 bits per heavy atom. The minimum atomic E-state index is -0.924. The summed E-state index contributed by atoms with van der Waals surface area (Å²) in [5.41, 5.74) is 4.33. The molecule has 0 unspecified atom stereocenters. The summed E-state index contributed by atoms with van der Waals surface area (Å²) in [5, 5.41) is 6.08. The maximum absolute atomic E-state index is 13.1. The van der Waals surface area contributed by atoms with E-state index in [1.54, 1.807) is 66.7 Å². The number of nitrogens with one attached hydrogen (secondary N) is 3. The molecular formula is C27H25BrN4O4. The normalized spacial score (nSPS) is 10.6. The molecule has 0 bridgehead atoms. The summed E-state index contributed by atoms with van der Waals surface area (Å²) in [6, 6.07) is 22.7. The van der Waals surface area contributed by atoms with Gasteiger partial charge < -0.3 is 15.4 Å². The van der Waals surface area contributed by atoms with Crippen molar-refractivity contribution in [2.24, 2.45) is 0 Å². The molecule has 9 heteroatoms. The van der Waals surface area contributed by atoms with Crippen LogP contribution in [0.3, 0.4) is 0 Å². The monoisotopic (exact) mass is 548 g/mol. The third-order valence-electron chi connectivity index (χ3n) is 5.33. The van der Waals surface area contributed by atoms with Gasteiger partial charge in [-0.3, -0.25) is 19.8 Å². The van der Waals surface area contributed by atoms with Gasteiger partial charge in [0.05, 0.1) is 12.1 Å². The molecule has 3 N–H and O–H groups in total. The Morgan fingerprint density at radius 2 is 1.58 bits per heavy atom. The summed E-state index contributed by atoms with van der Waals surface area (Å²) < 4.78 is 7.74. The fraction of sp³-hybridized carbons (Fsp3) is 0.148. The number of carbonyl (C=O) groups is 3. The van der Waals surface area contributed by atoms with Gasteiger partial charge in [0.2, 0.25) is 0 Å². The van der Waals surface area contributed by atoms with Gasteiger partial charge in [-0.15, -0.1) is 0 Å². The van der Waals surface area contributed by atoms with Crippen LogP contribution in [0.25, 0.3) is 10.9 Å². The maximum Gasteiger partial charge on any atom is 0.328 e. The molecule has 3 amide bonds. The zero-order valence-electron chi connectivity index (χ0n) is 19.6. The van der Waals surface area contributed by atoms with Crippen LogP contribution >= 0.6 is 15.9 Å².